The topological polar surface area (TPSA) is 52.6 Å². The van der Waals surface area contributed by atoms with Crippen LogP contribution in [0, 0.1) is 0 Å². The van der Waals surface area contributed by atoms with Crippen molar-refractivity contribution < 1.29 is 19.1 Å². The highest BCUT2D eigenvalue weighted by atomic mass is 35.5. The Bertz CT molecular complexity index is 434. The molecule has 1 aromatic rings. The SMILES string of the molecule is O=C(CCCCCl)Oc1ccccc1OC(=O)CCCCCl. The molecule has 0 aliphatic heterocycles. The Balaban J connectivity index is 2.54. The van der Waals surface area contributed by atoms with Crippen molar-refractivity contribution in [2.45, 2.75) is 38.5 Å². The summed E-state index contributed by atoms with van der Waals surface area (Å²) in [5, 5.41) is 0. The highest BCUT2D eigenvalue weighted by Gasteiger charge is 2.13. The van der Waals surface area contributed by atoms with Gasteiger partial charge < -0.3 is 9.47 Å². The van der Waals surface area contributed by atoms with Crippen LogP contribution in [-0.2, 0) is 9.59 Å². The summed E-state index contributed by atoms with van der Waals surface area (Å²) >= 11 is 11.1. The van der Waals surface area contributed by atoms with Gasteiger partial charge in [-0.3, -0.25) is 9.59 Å². The average Bonchev–Trinajstić information content (AvgIpc) is 2.50. The Morgan fingerprint density at radius 1 is 0.773 bits per heavy atom. The minimum atomic E-state index is -0.365. The molecule has 4 nitrogen and oxygen atoms in total. The summed E-state index contributed by atoms with van der Waals surface area (Å²) in [5.74, 6) is 0.813. The molecule has 0 unspecified atom stereocenters. The number of ether oxygens (including phenoxy) is 2. The van der Waals surface area contributed by atoms with Crippen LogP contribution in [0.1, 0.15) is 38.5 Å². The smallest absolute Gasteiger partial charge is 0.311 e. The predicted molar refractivity (Wildman–Crippen MR) is 86.9 cm³/mol. The molecule has 0 fully saturated rings. The fraction of sp³-hybridized carbons (Fsp3) is 0.500. The van der Waals surface area contributed by atoms with E-state index in [0.717, 1.165) is 12.8 Å². The van der Waals surface area contributed by atoms with Gasteiger partial charge in [-0.05, 0) is 37.8 Å². The van der Waals surface area contributed by atoms with Crippen molar-refractivity contribution in [3.8, 4) is 11.5 Å². The van der Waals surface area contributed by atoms with Crippen LogP contribution in [0.3, 0.4) is 0 Å². The number of hydrogen-bond donors (Lipinski definition) is 0. The second-order valence-corrected chi connectivity index (χ2v) is 5.44. The number of alkyl halides is 2. The molecule has 0 aliphatic rings. The molecule has 6 heteroatoms. The molecule has 0 aromatic heterocycles. The average molecular weight is 347 g/mol. The van der Waals surface area contributed by atoms with Gasteiger partial charge in [-0.15, -0.1) is 23.2 Å². The first kappa shape index (κ1) is 18.8. The lowest BCUT2D eigenvalue weighted by molar-refractivity contribution is -0.137. The van der Waals surface area contributed by atoms with Crippen LogP contribution < -0.4 is 9.47 Å². The summed E-state index contributed by atoms with van der Waals surface area (Å²) in [5.41, 5.74) is 0. The maximum absolute atomic E-state index is 11.7. The summed E-state index contributed by atoms with van der Waals surface area (Å²) in [4.78, 5) is 23.4. The molecule has 0 radical (unpaired) electrons. The zero-order chi connectivity index (χ0) is 16.2. The molecule has 0 spiro atoms. The molecule has 122 valence electrons. The van der Waals surface area contributed by atoms with Crippen molar-refractivity contribution in [2.75, 3.05) is 11.8 Å². The molecule has 1 aromatic carbocycles. The third-order valence-corrected chi connectivity index (χ3v) is 3.36. The van der Waals surface area contributed by atoms with Crippen molar-refractivity contribution in [1.29, 1.82) is 0 Å². The highest BCUT2D eigenvalue weighted by molar-refractivity contribution is 6.18. The summed E-state index contributed by atoms with van der Waals surface area (Å²) < 4.78 is 10.5. The lowest BCUT2D eigenvalue weighted by Gasteiger charge is -2.10. The standard InChI is InChI=1S/C16H20Cl2O4/c17-11-5-3-9-15(19)21-13-7-1-2-8-14(13)22-16(20)10-4-6-12-18/h1-2,7-8H,3-6,9-12H2. The largest absolute Gasteiger partial charge is 0.423 e. The second-order valence-electron chi connectivity index (χ2n) is 4.69. The molecule has 0 bridgehead atoms. The molecule has 0 saturated heterocycles. The van der Waals surface area contributed by atoms with E-state index >= 15 is 0 Å². The lowest BCUT2D eigenvalue weighted by atomic mass is 10.2. The molecule has 0 amide bonds. The van der Waals surface area contributed by atoms with Gasteiger partial charge in [0.25, 0.3) is 0 Å². The summed E-state index contributed by atoms with van der Waals surface area (Å²) in [6.45, 7) is 0. The zero-order valence-corrected chi connectivity index (χ0v) is 13.9. The van der Waals surface area contributed by atoms with Crippen LogP contribution in [0.25, 0.3) is 0 Å². The van der Waals surface area contributed by atoms with Crippen LogP contribution in [0.15, 0.2) is 24.3 Å². The van der Waals surface area contributed by atoms with E-state index in [1.807, 2.05) is 0 Å². The quantitative estimate of drug-likeness (QED) is 0.274. The molecule has 0 N–H and O–H groups in total. The second kappa shape index (κ2) is 11.3. The van der Waals surface area contributed by atoms with Crippen LogP contribution in [0.4, 0.5) is 0 Å². The van der Waals surface area contributed by atoms with Crippen LogP contribution in [0.5, 0.6) is 11.5 Å². The number of unbranched alkanes of at least 4 members (excludes halogenated alkanes) is 2. The number of esters is 2. The van der Waals surface area contributed by atoms with E-state index in [2.05, 4.69) is 0 Å². The van der Waals surface area contributed by atoms with Crippen molar-refractivity contribution in [1.82, 2.24) is 0 Å². The molecular formula is C16H20Cl2O4. The summed E-state index contributed by atoms with van der Waals surface area (Å²) in [7, 11) is 0. The van der Waals surface area contributed by atoms with Crippen molar-refractivity contribution in [2.24, 2.45) is 0 Å². The molecule has 0 saturated carbocycles. The Morgan fingerprint density at radius 3 is 1.55 bits per heavy atom. The van der Waals surface area contributed by atoms with Gasteiger partial charge in [-0.1, -0.05) is 12.1 Å². The van der Waals surface area contributed by atoms with E-state index in [1.165, 1.54) is 0 Å². The van der Waals surface area contributed by atoms with E-state index in [9.17, 15) is 9.59 Å². The van der Waals surface area contributed by atoms with E-state index in [-0.39, 0.29) is 36.3 Å². The number of hydrogen-bond acceptors (Lipinski definition) is 4. The lowest BCUT2D eigenvalue weighted by Crippen LogP contribution is -2.12. The monoisotopic (exact) mass is 346 g/mol. The van der Waals surface area contributed by atoms with Crippen molar-refractivity contribution in [3.63, 3.8) is 0 Å². The first-order valence-corrected chi connectivity index (χ1v) is 8.36. The zero-order valence-electron chi connectivity index (χ0n) is 12.4. The number of halogens is 2. The maximum atomic E-state index is 11.7. The first-order chi connectivity index (χ1) is 10.7. The minimum absolute atomic E-state index is 0.254. The van der Waals surface area contributed by atoms with Crippen molar-refractivity contribution >= 4 is 35.1 Å². The van der Waals surface area contributed by atoms with E-state index in [1.54, 1.807) is 24.3 Å². The molecule has 0 atom stereocenters. The number of rotatable bonds is 10. The Labute approximate surface area is 140 Å². The third-order valence-electron chi connectivity index (χ3n) is 2.83. The van der Waals surface area contributed by atoms with Crippen LogP contribution >= 0.6 is 23.2 Å². The van der Waals surface area contributed by atoms with E-state index < -0.39 is 0 Å². The van der Waals surface area contributed by atoms with Gasteiger partial charge >= 0.3 is 11.9 Å². The van der Waals surface area contributed by atoms with Gasteiger partial charge in [0.05, 0.1) is 0 Å². The molecule has 22 heavy (non-hydrogen) atoms. The van der Waals surface area contributed by atoms with Crippen LogP contribution in [0.2, 0.25) is 0 Å². The third kappa shape index (κ3) is 7.66. The molecule has 1 rings (SSSR count). The number of carbonyl (C=O) groups is 2. The van der Waals surface area contributed by atoms with Gasteiger partial charge in [0.15, 0.2) is 11.5 Å². The minimum Gasteiger partial charge on any atom is -0.423 e. The number of para-hydroxylation sites is 2. The summed E-state index contributed by atoms with van der Waals surface area (Å²) in [6, 6.07) is 6.63. The van der Waals surface area contributed by atoms with Gasteiger partial charge in [-0.25, -0.2) is 0 Å². The van der Waals surface area contributed by atoms with E-state index in [4.69, 9.17) is 32.7 Å². The number of benzene rings is 1. The molecule has 0 heterocycles. The fourth-order valence-electron chi connectivity index (χ4n) is 1.69. The Kier molecular flexibility index (Phi) is 9.67. The normalized spacial score (nSPS) is 10.3. The predicted octanol–water partition coefficient (Wildman–Crippen LogP) is 4.32. The number of carbonyl (C=O) groups excluding carboxylic acids is 2. The van der Waals surface area contributed by atoms with Gasteiger partial charge in [0, 0.05) is 24.6 Å². The van der Waals surface area contributed by atoms with Crippen LogP contribution in [-0.4, -0.2) is 23.7 Å². The molecule has 0 aliphatic carbocycles. The Morgan fingerprint density at radius 2 is 1.18 bits per heavy atom. The van der Waals surface area contributed by atoms with Gasteiger partial charge in [-0.2, -0.15) is 0 Å². The highest BCUT2D eigenvalue weighted by Crippen LogP contribution is 2.27. The Hall–Kier alpha value is -1.26. The molecular weight excluding hydrogens is 327 g/mol. The first-order valence-electron chi connectivity index (χ1n) is 7.29. The van der Waals surface area contributed by atoms with Gasteiger partial charge in [0.2, 0.25) is 0 Å². The fourth-order valence-corrected chi connectivity index (χ4v) is 2.07. The van der Waals surface area contributed by atoms with Crippen molar-refractivity contribution in [3.05, 3.63) is 24.3 Å². The van der Waals surface area contributed by atoms with Gasteiger partial charge in [0.1, 0.15) is 0 Å². The summed E-state index contributed by atoms with van der Waals surface area (Å²) in [6.07, 6.45) is 3.42. The van der Waals surface area contributed by atoms with E-state index in [0.29, 0.717) is 24.6 Å². The maximum Gasteiger partial charge on any atom is 0.311 e.